The normalized spacial score (nSPS) is 9.94. The lowest BCUT2D eigenvalue weighted by molar-refractivity contribution is 0.0600. The third-order valence-electron chi connectivity index (χ3n) is 5.76. The summed E-state index contributed by atoms with van der Waals surface area (Å²) < 4.78 is 10.6. The fraction of sp³-hybridized carbons (Fsp3) is 0.303. The molecule has 0 N–H and O–H groups in total. The van der Waals surface area contributed by atoms with Gasteiger partial charge >= 0.3 is 5.97 Å². The molecule has 36 heavy (non-hydrogen) atoms. The summed E-state index contributed by atoms with van der Waals surface area (Å²) in [6.07, 6.45) is 8.99. The van der Waals surface area contributed by atoms with Gasteiger partial charge in [-0.25, -0.2) is 4.79 Å². The smallest absolute Gasteiger partial charge is 0.337 e. The van der Waals surface area contributed by atoms with Crippen LogP contribution < -0.4 is 4.74 Å². The summed E-state index contributed by atoms with van der Waals surface area (Å²) in [6.45, 7) is 3.02. The first-order valence-corrected chi connectivity index (χ1v) is 12.7. The van der Waals surface area contributed by atoms with Crippen molar-refractivity contribution in [3.63, 3.8) is 0 Å². The highest BCUT2D eigenvalue weighted by atomic mass is 16.5. The molecule has 0 aliphatic rings. The van der Waals surface area contributed by atoms with E-state index in [4.69, 9.17) is 9.47 Å². The second-order valence-electron chi connectivity index (χ2n) is 8.64. The minimum absolute atomic E-state index is 0.353. The molecule has 0 unspecified atom stereocenters. The molecule has 0 saturated heterocycles. The van der Waals surface area contributed by atoms with E-state index in [-0.39, 0.29) is 5.97 Å². The molecule has 3 heteroatoms. The Morgan fingerprint density at radius 3 is 1.50 bits per heavy atom. The summed E-state index contributed by atoms with van der Waals surface area (Å²) in [7, 11) is 1.37. The molecule has 184 valence electrons. The highest BCUT2D eigenvalue weighted by Crippen LogP contribution is 2.14. The quantitative estimate of drug-likeness (QED) is 0.173. The van der Waals surface area contributed by atoms with Gasteiger partial charge in [0.25, 0.3) is 0 Å². The molecule has 0 bridgehead atoms. The minimum Gasteiger partial charge on any atom is -0.494 e. The largest absolute Gasteiger partial charge is 0.494 e. The van der Waals surface area contributed by atoms with Gasteiger partial charge in [-0.15, -0.1) is 0 Å². The molecule has 3 aromatic carbocycles. The monoisotopic (exact) mass is 478 g/mol. The molecule has 0 aromatic heterocycles. The van der Waals surface area contributed by atoms with E-state index < -0.39 is 0 Å². The highest BCUT2D eigenvalue weighted by molar-refractivity contribution is 5.89. The van der Waals surface area contributed by atoms with Crippen LogP contribution in [0.3, 0.4) is 0 Å². The number of methoxy groups -OCH3 is 1. The maximum atomic E-state index is 11.5. The number of benzene rings is 3. The van der Waals surface area contributed by atoms with Gasteiger partial charge in [-0.3, -0.25) is 0 Å². The van der Waals surface area contributed by atoms with E-state index in [0.717, 1.165) is 41.0 Å². The topological polar surface area (TPSA) is 35.5 Å². The third-order valence-corrected chi connectivity index (χ3v) is 5.76. The molecule has 0 spiro atoms. The summed E-state index contributed by atoms with van der Waals surface area (Å²) in [5.41, 5.74) is 4.14. The van der Waals surface area contributed by atoms with Crippen LogP contribution in [0.15, 0.2) is 72.8 Å². The van der Waals surface area contributed by atoms with Crippen LogP contribution in [0.5, 0.6) is 5.75 Å². The van der Waals surface area contributed by atoms with Crippen LogP contribution in [0, 0.1) is 23.7 Å². The van der Waals surface area contributed by atoms with Crippen LogP contribution in [0.1, 0.15) is 84.5 Å². The van der Waals surface area contributed by atoms with Crippen molar-refractivity contribution >= 4 is 5.97 Å². The zero-order valence-electron chi connectivity index (χ0n) is 21.3. The standard InChI is InChI=1S/C33H34O3/c1-3-4-5-6-7-8-9-26-36-32-24-20-30(21-25-32)17-15-28-12-10-27(11-13-28)14-16-29-18-22-31(23-19-29)33(34)35-2/h10-13,18-25H,3-9,26H2,1-2H3. The van der Waals surface area contributed by atoms with Crippen molar-refractivity contribution in [2.45, 2.75) is 51.9 Å². The van der Waals surface area contributed by atoms with Crippen LogP contribution in [0.2, 0.25) is 0 Å². The Morgan fingerprint density at radius 1 is 0.611 bits per heavy atom. The molecule has 0 amide bonds. The van der Waals surface area contributed by atoms with Gasteiger partial charge in [0.15, 0.2) is 0 Å². The molecule has 0 radical (unpaired) electrons. The molecule has 0 atom stereocenters. The highest BCUT2D eigenvalue weighted by Gasteiger charge is 2.03. The first kappa shape index (κ1) is 26.7. The van der Waals surface area contributed by atoms with Crippen LogP contribution >= 0.6 is 0 Å². The predicted octanol–water partition coefficient (Wildman–Crippen LogP) is 7.40. The summed E-state index contributed by atoms with van der Waals surface area (Å²) in [6, 6.07) is 22.9. The lowest BCUT2D eigenvalue weighted by atomic mass is 10.1. The first-order chi connectivity index (χ1) is 17.7. The molecule has 3 nitrogen and oxygen atoms in total. The average molecular weight is 479 g/mol. The third kappa shape index (κ3) is 9.36. The van der Waals surface area contributed by atoms with Gasteiger partial charge in [0, 0.05) is 22.3 Å². The zero-order chi connectivity index (χ0) is 25.4. The number of hydrogen-bond donors (Lipinski definition) is 0. The van der Waals surface area contributed by atoms with Gasteiger partial charge in [0.05, 0.1) is 19.3 Å². The SMILES string of the molecule is CCCCCCCCCOc1ccc(C#Cc2ccc(C#Cc3ccc(C(=O)OC)cc3)cc2)cc1. The van der Waals surface area contributed by atoms with Crippen molar-refractivity contribution in [3.05, 3.63) is 101 Å². The molecule has 0 fully saturated rings. The number of esters is 1. The summed E-state index contributed by atoms with van der Waals surface area (Å²) in [5.74, 6) is 13.2. The molecular weight excluding hydrogens is 444 g/mol. The molecule has 3 rings (SSSR count). The van der Waals surface area contributed by atoms with Gasteiger partial charge in [0.2, 0.25) is 0 Å². The van der Waals surface area contributed by atoms with E-state index in [1.807, 2.05) is 60.7 Å². The number of carbonyl (C=O) groups excluding carboxylic acids is 1. The number of ether oxygens (including phenoxy) is 2. The van der Waals surface area contributed by atoms with Crippen molar-refractivity contribution in [3.8, 4) is 29.4 Å². The molecule has 0 aliphatic heterocycles. The van der Waals surface area contributed by atoms with Gasteiger partial charge in [-0.1, -0.05) is 69.1 Å². The first-order valence-electron chi connectivity index (χ1n) is 12.7. The summed E-state index contributed by atoms with van der Waals surface area (Å²) in [4.78, 5) is 11.5. The van der Waals surface area contributed by atoms with Crippen LogP contribution in [-0.4, -0.2) is 19.7 Å². The zero-order valence-corrected chi connectivity index (χ0v) is 21.3. The van der Waals surface area contributed by atoms with Crippen molar-refractivity contribution in [1.29, 1.82) is 0 Å². The molecule has 0 saturated carbocycles. The van der Waals surface area contributed by atoms with Gasteiger partial charge in [-0.05, 0) is 79.2 Å². The van der Waals surface area contributed by atoms with Gasteiger partial charge in [0.1, 0.15) is 5.75 Å². The minimum atomic E-state index is -0.353. The molecule has 3 aromatic rings. The lowest BCUT2D eigenvalue weighted by Crippen LogP contribution is -2.00. The van der Waals surface area contributed by atoms with Crippen molar-refractivity contribution < 1.29 is 14.3 Å². The number of carbonyl (C=O) groups is 1. The van der Waals surface area contributed by atoms with E-state index in [2.05, 4.69) is 30.6 Å². The second-order valence-corrected chi connectivity index (χ2v) is 8.64. The van der Waals surface area contributed by atoms with Crippen LogP contribution in [0.25, 0.3) is 0 Å². The fourth-order valence-corrected chi connectivity index (χ4v) is 3.62. The Kier molecular flexibility index (Phi) is 11.2. The Bertz CT molecular complexity index is 1200. The van der Waals surface area contributed by atoms with E-state index in [0.29, 0.717) is 5.56 Å². The second kappa shape index (κ2) is 15.1. The summed E-state index contributed by atoms with van der Waals surface area (Å²) >= 11 is 0. The maximum Gasteiger partial charge on any atom is 0.337 e. The van der Waals surface area contributed by atoms with Crippen molar-refractivity contribution in [2.24, 2.45) is 0 Å². The fourth-order valence-electron chi connectivity index (χ4n) is 3.62. The molecule has 0 aliphatic carbocycles. The number of hydrogen-bond acceptors (Lipinski definition) is 3. The van der Waals surface area contributed by atoms with Crippen molar-refractivity contribution in [1.82, 2.24) is 0 Å². The Morgan fingerprint density at radius 2 is 1.03 bits per heavy atom. The van der Waals surface area contributed by atoms with E-state index in [9.17, 15) is 4.79 Å². The number of rotatable bonds is 10. The van der Waals surface area contributed by atoms with E-state index in [1.54, 1.807) is 12.1 Å². The van der Waals surface area contributed by atoms with Crippen LogP contribution in [-0.2, 0) is 4.74 Å². The summed E-state index contributed by atoms with van der Waals surface area (Å²) in [5, 5.41) is 0. The lowest BCUT2D eigenvalue weighted by Gasteiger charge is -2.06. The Hall–Kier alpha value is -3.95. The van der Waals surface area contributed by atoms with Crippen molar-refractivity contribution in [2.75, 3.05) is 13.7 Å². The Balaban J connectivity index is 1.45. The van der Waals surface area contributed by atoms with E-state index in [1.165, 1.54) is 45.6 Å². The molecule has 0 heterocycles. The number of unbranched alkanes of at least 4 members (excludes halogenated alkanes) is 6. The van der Waals surface area contributed by atoms with E-state index >= 15 is 0 Å². The molecular formula is C33H34O3. The maximum absolute atomic E-state index is 11.5. The van der Waals surface area contributed by atoms with Gasteiger partial charge < -0.3 is 9.47 Å². The van der Waals surface area contributed by atoms with Crippen LogP contribution in [0.4, 0.5) is 0 Å². The van der Waals surface area contributed by atoms with Gasteiger partial charge in [-0.2, -0.15) is 0 Å². The average Bonchev–Trinajstić information content (AvgIpc) is 2.93. The predicted molar refractivity (Wildman–Crippen MR) is 146 cm³/mol. The Labute approximate surface area is 215 Å².